The van der Waals surface area contributed by atoms with Gasteiger partial charge in [-0.2, -0.15) is 0 Å². The van der Waals surface area contributed by atoms with Crippen molar-refractivity contribution in [3.8, 4) is 11.3 Å². The number of nitrogens with two attached hydrogens (primary N) is 1. The van der Waals surface area contributed by atoms with E-state index in [-0.39, 0.29) is 6.04 Å². The molecule has 1 atom stereocenters. The molecule has 0 fully saturated rings. The van der Waals surface area contributed by atoms with Gasteiger partial charge in [0.2, 0.25) is 0 Å². The van der Waals surface area contributed by atoms with Crippen molar-refractivity contribution in [3.05, 3.63) is 64.5 Å². The summed E-state index contributed by atoms with van der Waals surface area (Å²) in [5.74, 6) is 0. The first kappa shape index (κ1) is 13.9. The number of rotatable bonds is 4. The molecule has 4 nitrogen and oxygen atoms in total. The lowest BCUT2D eigenvalue weighted by Crippen LogP contribution is -2.15. The summed E-state index contributed by atoms with van der Waals surface area (Å²) >= 11 is 1.63. The van der Waals surface area contributed by atoms with E-state index in [4.69, 9.17) is 5.73 Å². The Balaban J connectivity index is 1.74. The highest BCUT2D eigenvalue weighted by Crippen LogP contribution is 2.24. The van der Waals surface area contributed by atoms with E-state index in [2.05, 4.69) is 32.5 Å². The third-order valence-corrected chi connectivity index (χ3v) is 4.07. The van der Waals surface area contributed by atoms with Gasteiger partial charge in [-0.05, 0) is 6.92 Å². The van der Waals surface area contributed by atoms with Gasteiger partial charge in [-0.1, -0.05) is 30.3 Å². The Morgan fingerprint density at radius 1 is 1.14 bits per heavy atom. The summed E-state index contributed by atoms with van der Waals surface area (Å²) in [6, 6.07) is 9.98. The minimum Gasteiger partial charge on any atom is -0.322 e. The lowest BCUT2D eigenvalue weighted by atomic mass is 10.1. The van der Waals surface area contributed by atoms with Crippen LogP contribution >= 0.6 is 11.3 Å². The summed E-state index contributed by atoms with van der Waals surface area (Å²) < 4.78 is 0. The topological polar surface area (TPSA) is 64.7 Å². The van der Waals surface area contributed by atoms with Crippen molar-refractivity contribution >= 4 is 11.3 Å². The predicted molar refractivity (Wildman–Crippen MR) is 85.0 cm³/mol. The lowest BCUT2D eigenvalue weighted by molar-refractivity contribution is 0.687. The van der Waals surface area contributed by atoms with Crippen LogP contribution in [0, 0.1) is 6.92 Å². The molecule has 0 bridgehead atoms. The number of hydrogen-bond acceptors (Lipinski definition) is 5. The first-order valence-electron chi connectivity index (χ1n) is 6.76. The highest BCUT2D eigenvalue weighted by atomic mass is 32.1. The third kappa shape index (κ3) is 3.32. The normalized spacial score (nSPS) is 12.3. The van der Waals surface area contributed by atoms with Crippen molar-refractivity contribution < 1.29 is 0 Å². The predicted octanol–water partition coefficient (Wildman–Crippen LogP) is 3.15. The highest BCUT2D eigenvalue weighted by molar-refractivity contribution is 7.09. The van der Waals surface area contributed by atoms with Crippen LogP contribution in [0.3, 0.4) is 0 Å². The molecule has 3 aromatic rings. The monoisotopic (exact) mass is 296 g/mol. The Morgan fingerprint density at radius 2 is 1.95 bits per heavy atom. The minimum absolute atomic E-state index is 0.173. The fourth-order valence-corrected chi connectivity index (χ4v) is 2.90. The largest absolute Gasteiger partial charge is 0.322 e. The quantitative estimate of drug-likeness (QED) is 0.803. The molecule has 3 rings (SSSR count). The lowest BCUT2D eigenvalue weighted by Gasteiger charge is -2.08. The number of thiazole rings is 1. The SMILES string of the molecule is Cc1cnc(C(N)Cc2nc(-c3ccccc3)cs2)cn1. The van der Waals surface area contributed by atoms with Gasteiger partial charge in [0.25, 0.3) is 0 Å². The van der Waals surface area contributed by atoms with E-state index >= 15 is 0 Å². The average molecular weight is 296 g/mol. The second-order valence-corrected chi connectivity index (χ2v) is 5.83. The molecule has 0 radical (unpaired) electrons. The molecule has 0 spiro atoms. The van der Waals surface area contributed by atoms with Crippen molar-refractivity contribution in [2.24, 2.45) is 5.73 Å². The molecule has 0 saturated carbocycles. The highest BCUT2D eigenvalue weighted by Gasteiger charge is 2.12. The zero-order valence-electron chi connectivity index (χ0n) is 11.7. The maximum absolute atomic E-state index is 6.19. The molecule has 0 amide bonds. The van der Waals surface area contributed by atoms with Crippen molar-refractivity contribution in [3.63, 3.8) is 0 Å². The second-order valence-electron chi connectivity index (χ2n) is 4.89. The standard InChI is InChI=1S/C16H16N4S/c1-11-8-19-14(9-18-11)13(17)7-16-20-15(10-21-16)12-5-3-2-4-6-12/h2-6,8-10,13H,7,17H2,1H3. The maximum Gasteiger partial charge on any atom is 0.0952 e. The van der Waals surface area contributed by atoms with Crippen LogP contribution in [0.4, 0.5) is 0 Å². The molecule has 0 saturated heterocycles. The summed E-state index contributed by atoms with van der Waals surface area (Å²) in [5.41, 5.74) is 10.0. The van der Waals surface area contributed by atoms with Crippen LogP contribution in [0.2, 0.25) is 0 Å². The molecule has 2 N–H and O–H groups in total. The zero-order chi connectivity index (χ0) is 14.7. The van der Waals surface area contributed by atoms with Crippen LogP contribution in [0.1, 0.15) is 22.4 Å². The van der Waals surface area contributed by atoms with E-state index < -0.39 is 0 Å². The fraction of sp³-hybridized carbons (Fsp3) is 0.188. The molecular weight excluding hydrogens is 280 g/mol. The van der Waals surface area contributed by atoms with E-state index in [1.165, 1.54) is 0 Å². The molecule has 1 unspecified atom stereocenters. The molecular formula is C16H16N4S. The smallest absolute Gasteiger partial charge is 0.0952 e. The van der Waals surface area contributed by atoms with Gasteiger partial charge in [-0.25, -0.2) is 4.98 Å². The molecule has 21 heavy (non-hydrogen) atoms. The van der Waals surface area contributed by atoms with Crippen LogP contribution in [0.5, 0.6) is 0 Å². The number of nitrogens with zero attached hydrogens (tertiary/aromatic N) is 3. The van der Waals surface area contributed by atoms with Crippen LogP contribution < -0.4 is 5.73 Å². The van der Waals surface area contributed by atoms with Gasteiger partial charge in [0, 0.05) is 23.6 Å². The van der Waals surface area contributed by atoms with Gasteiger partial charge in [-0.15, -0.1) is 11.3 Å². The van der Waals surface area contributed by atoms with Crippen LogP contribution in [0.25, 0.3) is 11.3 Å². The summed E-state index contributed by atoms with van der Waals surface area (Å²) in [4.78, 5) is 13.2. The van der Waals surface area contributed by atoms with Gasteiger partial charge in [0.05, 0.1) is 34.3 Å². The van der Waals surface area contributed by atoms with Crippen molar-refractivity contribution in [2.75, 3.05) is 0 Å². The molecule has 2 aromatic heterocycles. The van der Waals surface area contributed by atoms with E-state index in [1.807, 2.05) is 25.1 Å². The van der Waals surface area contributed by atoms with Gasteiger partial charge >= 0.3 is 0 Å². The first-order valence-corrected chi connectivity index (χ1v) is 7.64. The number of aromatic nitrogens is 3. The van der Waals surface area contributed by atoms with Crippen molar-refractivity contribution in [2.45, 2.75) is 19.4 Å². The van der Waals surface area contributed by atoms with Crippen LogP contribution in [-0.4, -0.2) is 15.0 Å². The maximum atomic E-state index is 6.19. The molecule has 0 aliphatic rings. The van der Waals surface area contributed by atoms with Crippen molar-refractivity contribution in [1.29, 1.82) is 0 Å². The molecule has 0 aliphatic heterocycles. The molecule has 1 aromatic carbocycles. The number of benzene rings is 1. The summed E-state index contributed by atoms with van der Waals surface area (Å²) in [7, 11) is 0. The Hall–Kier alpha value is -2.11. The minimum atomic E-state index is -0.173. The van der Waals surface area contributed by atoms with Gasteiger partial charge in [-0.3, -0.25) is 9.97 Å². The first-order chi connectivity index (χ1) is 10.2. The molecule has 106 valence electrons. The molecule has 2 heterocycles. The van der Waals surface area contributed by atoms with Gasteiger partial charge in [0.1, 0.15) is 0 Å². The molecule has 0 aliphatic carbocycles. The zero-order valence-corrected chi connectivity index (χ0v) is 12.5. The second kappa shape index (κ2) is 6.11. The third-order valence-electron chi connectivity index (χ3n) is 3.20. The van der Waals surface area contributed by atoms with Gasteiger partial charge < -0.3 is 5.73 Å². The Bertz CT molecular complexity index is 707. The summed E-state index contributed by atoms with van der Waals surface area (Å²) in [6.07, 6.45) is 4.16. The fourth-order valence-electron chi connectivity index (χ4n) is 2.03. The molecule has 5 heteroatoms. The summed E-state index contributed by atoms with van der Waals surface area (Å²) in [5, 5.41) is 3.09. The van der Waals surface area contributed by atoms with Crippen molar-refractivity contribution in [1.82, 2.24) is 15.0 Å². The number of aryl methyl sites for hydroxylation is 1. The van der Waals surface area contributed by atoms with E-state index in [1.54, 1.807) is 23.7 Å². The Morgan fingerprint density at radius 3 is 2.67 bits per heavy atom. The van der Waals surface area contributed by atoms with Crippen LogP contribution in [-0.2, 0) is 6.42 Å². The summed E-state index contributed by atoms with van der Waals surface area (Å²) in [6.45, 7) is 1.91. The Kier molecular flexibility index (Phi) is 4.03. The van der Waals surface area contributed by atoms with E-state index in [0.717, 1.165) is 27.7 Å². The number of hydrogen-bond donors (Lipinski definition) is 1. The van der Waals surface area contributed by atoms with Crippen LogP contribution in [0.15, 0.2) is 48.1 Å². The Labute approximate surface area is 127 Å². The van der Waals surface area contributed by atoms with E-state index in [9.17, 15) is 0 Å². The average Bonchev–Trinajstić information content (AvgIpc) is 2.97. The van der Waals surface area contributed by atoms with E-state index in [0.29, 0.717) is 6.42 Å². The van der Waals surface area contributed by atoms with Gasteiger partial charge in [0.15, 0.2) is 0 Å².